The van der Waals surface area contributed by atoms with Crippen LogP contribution in [-0.2, 0) is 6.42 Å². The molecule has 4 heteroatoms. The number of hydrogen-bond acceptors (Lipinski definition) is 4. The zero-order valence-electron chi connectivity index (χ0n) is 13.3. The Balaban J connectivity index is 1.94. The van der Waals surface area contributed by atoms with Crippen molar-refractivity contribution in [2.24, 2.45) is 5.92 Å². The number of ether oxygens (including phenoxy) is 2. The van der Waals surface area contributed by atoms with Gasteiger partial charge in [-0.2, -0.15) is 0 Å². The highest BCUT2D eigenvalue weighted by Crippen LogP contribution is 2.29. The summed E-state index contributed by atoms with van der Waals surface area (Å²) in [4.78, 5) is 0. The largest absolute Gasteiger partial charge is 0.493 e. The normalized spacial score (nSPS) is 23.0. The standard InChI is InChI=1S/C17H27NO3/c1-12(18-15-6-4-5-14(15)11-19)9-13-7-8-16(20-2)17(10-13)21-3/h7-8,10,12,14-15,18-19H,4-6,9,11H2,1-3H3. The predicted molar refractivity (Wildman–Crippen MR) is 84.1 cm³/mol. The van der Waals surface area contributed by atoms with Crippen LogP contribution in [0.3, 0.4) is 0 Å². The molecule has 0 aromatic heterocycles. The van der Waals surface area contributed by atoms with Gasteiger partial charge in [0.15, 0.2) is 11.5 Å². The maximum absolute atomic E-state index is 9.39. The van der Waals surface area contributed by atoms with Gasteiger partial charge in [0, 0.05) is 18.7 Å². The number of aliphatic hydroxyl groups is 1. The molecule has 1 aromatic rings. The Morgan fingerprint density at radius 3 is 2.67 bits per heavy atom. The predicted octanol–water partition coefficient (Wildman–Crippen LogP) is 2.39. The molecule has 0 spiro atoms. The zero-order chi connectivity index (χ0) is 15.2. The van der Waals surface area contributed by atoms with Crippen LogP contribution < -0.4 is 14.8 Å². The minimum absolute atomic E-state index is 0.292. The number of methoxy groups -OCH3 is 2. The number of aliphatic hydroxyl groups excluding tert-OH is 1. The Morgan fingerprint density at radius 1 is 1.24 bits per heavy atom. The second-order valence-corrected chi connectivity index (χ2v) is 5.94. The lowest BCUT2D eigenvalue weighted by atomic mass is 10.0. The highest BCUT2D eigenvalue weighted by molar-refractivity contribution is 5.43. The summed E-state index contributed by atoms with van der Waals surface area (Å²) in [6.45, 7) is 2.49. The molecular weight excluding hydrogens is 266 g/mol. The highest BCUT2D eigenvalue weighted by Gasteiger charge is 2.27. The lowest BCUT2D eigenvalue weighted by Gasteiger charge is -2.24. The molecule has 1 aliphatic carbocycles. The fourth-order valence-corrected chi connectivity index (χ4v) is 3.26. The van der Waals surface area contributed by atoms with Gasteiger partial charge in [-0.25, -0.2) is 0 Å². The molecule has 118 valence electrons. The van der Waals surface area contributed by atoms with E-state index in [9.17, 15) is 5.11 Å². The second kappa shape index (κ2) is 7.66. The van der Waals surface area contributed by atoms with E-state index in [0.29, 0.717) is 24.6 Å². The summed E-state index contributed by atoms with van der Waals surface area (Å²) in [5, 5.41) is 13.1. The second-order valence-electron chi connectivity index (χ2n) is 5.94. The minimum Gasteiger partial charge on any atom is -0.493 e. The molecule has 0 radical (unpaired) electrons. The fourth-order valence-electron chi connectivity index (χ4n) is 3.26. The van der Waals surface area contributed by atoms with E-state index >= 15 is 0 Å². The third-order valence-electron chi connectivity index (χ3n) is 4.38. The fraction of sp³-hybridized carbons (Fsp3) is 0.647. The van der Waals surface area contributed by atoms with Crippen molar-refractivity contribution in [3.63, 3.8) is 0 Å². The van der Waals surface area contributed by atoms with Gasteiger partial charge in [-0.15, -0.1) is 0 Å². The van der Waals surface area contributed by atoms with Crippen LogP contribution in [0, 0.1) is 5.92 Å². The first-order valence-electron chi connectivity index (χ1n) is 7.75. The van der Waals surface area contributed by atoms with Crippen LogP contribution in [0.15, 0.2) is 18.2 Å². The third-order valence-corrected chi connectivity index (χ3v) is 4.38. The quantitative estimate of drug-likeness (QED) is 0.810. The lowest BCUT2D eigenvalue weighted by molar-refractivity contribution is 0.200. The van der Waals surface area contributed by atoms with E-state index in [1.165, 1.54) is 18.4 Å². The van der Waals surface area contributed by atoms with E-state index in [4.69, 9.17) is 9.47 Å². The lowest BCUT2D eigenvalue weighted by Crippen LogP contribution is -2.40. The first kappa shape index (κ1) is 16.1. The van der Waals surface area contributed by atoms with Crippen molar-refractivity contribution in [2.45, 2.75) is 44.7 Å². The molecule has 0 amide bonds. The Labute approximate surface area is 127 Å². The van der Waals surface area contributed by atoms with Gasteiger partial charge in [0.25, 0.3) is 0 Å². The molecule has 21 heavy (non-hydrogen) atoms. The van der Waals surface area contributed by atoms with Crippen molar-refractivity contribution in [3.05, 3.63) is 23.8 Å². The van der Waals surface area contributed by atoms with Gasteiger partial charge < -0.3 is 19.9 Å². The molecule has 1 aromatic carbocycles. The van der Waals surface area contributed by atoms with Crippen molar-refractivity contribution in [3.8, 4) is 11.5 Å². The molecule has 0 bridgehead atoms. The summed E-state index contributed by atoms with van der Waals surface area (Å²) in [6, 6.07) is 6.89. The third kappa shape index (κ3) is 4.11. The van der Waals surface area contributed by atoms with Crippen LogP contribution >= 0.6 is 0 Å². The summed E-state index contributed by atoms with van der Waals surface area (Å²) in [7, 11) is 3.31. The molecule has 2 N–H and O–H groups in total. The minimum atomic E-state index is 0.292. The average Bonchev–Trinajstić information content (AvgIpc) is 2.94. The van der Waals surface area contributed by atoms with E-state index in [1.54, 1.807) is 14.2 Å². The van der Waals surface area contributed by atoms with Gasteiger partial charge in [0.1, 0.15) is 0 Å². The van der Waals surface area contributed by atoms with Gasteiger partial charge in [-0.05, 0) is 49.8 Å². The topological polar surface area (TPSA) is 50.7 Å². The summed E-state index contributed by atoms with van der Waals surface area (Å²) < 4.78 is 10.6. The molecular formula is C17H27NO3. The molecule has 4 nitrogen and oxygen atoms in total. The van der Waals surface area contributed by atoms with Crippen LogP contribution in [0.5, 0.6) is 11.5 Å². The van der Waals surface area contributed by atoms with E-state index in [0.717, 1.165) is 24.3 Å². The SMILES string of the molecule is COc1ccc(CC(C)NC2CCCC2CO)cc1OC. The van der Waals surface area contributed by atoms with E-state index in [1.807, 2.05) is 12.1 Å². The van der Waals surface area contributed by atoms with Crippen LogP contribution in [0.25, 0.3) is 0 Å². The van der Waals surface area contributed by atoms with Gasteiger partial charge in [0.05, 0.1) is 14.2 Å². The Hall–Kier alpha value is -1.26. The van der Waals surface area contributed by atoms with Crippen molar-refractivity contribution in [1.82, 2.24) is 5.32 Å². The molecule has 0 aliphatic heterocycles. The van der Waals surface area contributed by atoms with Gasteiger partial charge >= 0.3 is 0 Å². The maximum atomic E-state index is 9.39. The van der Waals surface area contributed by atoms with Crippen molar-refractivity contribution in [1.29, 1.82) is 0 Å². The van der Waals surface area contributed by atoms with Crippen LogP contribution in [-0.4, -0.2) is 38.0 Å². The van der Waals surface area contributed by atoms with Gasteiger partial charge in [0.2, 0.25) is 0 Å². The smallest absolute Gasteiger partial charge is 0.160 e. The van der Waals surface area contributed by atoms with E-state index in [2.05, 4.69) is 18.3 Å². The summed E-state index contributed by atoms with van der Waals surface area (Å²) in [5.74, 6) is 1.95. The molecule has 3 atom stereocenters. The van der Waals surface area contributed by atoms with Crippen LogP contribution in [0.4, 0.5) is 0 Å². The first-order chi connectivity index (χ1) is 10.2. The molecule has 3 unspecified atom stereocenters. The number of rotatable bonds is 7. The molecule has 1 aliphatic rings. The molecule has 0 heterocycles. The Bertz CT molecular complexity index is 450. The summed E-state index contributed by atoms with van der Waals surface area (Å²) >= 11 is 0. The van der Waals surface area contributed by atoms with Crippen molar-refractivity contribution < 1.29 is 14.6 Å². The highest BCUT2D eigenvalue weighted by atomic mass is 16.5. The molecule has 2 rings (SSSR count). The molecule has 1 saturated carbocycles. The van der Waals surface area contributed by atoms with E-state index in [-0.39, 0.29) is 0 Å². The summed E-state index contributed by atoms with van der Waals surface area (Å²) in [5.41, 5.74) is 1.23. The average molecular weight is 293 g/mol. The van der Waals surface area contributed by atoms with Crippen LogP contribution in [0.1, 0.15) is 31.7 Å². The zero-order valence-corrected chi connectivity index (χ0v) is 13.3. The molecule has 1 fully saturated rings. The Morgan fingerprint density at radius 2 is 2.00 bits per heavy atom. The van der Waals surface area contributed by atoms with Crippen LogP contribution in [0.2, 0.25) is 0 Å². The molecule has 0 saturated heterocycles. The monoisotopic (exact) mass is 293 g/mol. The Kier molecular flexibility index (Phi) is 5.88. The van der Waals surface area contributed by atoms with Gasteiger partial charge in [-0.1, -0.05) is 12.5 Å². The maximum Gasteiger partial charge on any atom is 0.160 e. The number of benzene rings is 1. The van der Waals surface area contributed by atoms with Crippen molar-refractivity contribution >= 4 is 0 Å². The number of nitrogens with one attached hydrogen (secondary N) is 1. The summed E-state index contributed by atoms with van der Waals surface area (Å²) in [6.07, 6.45) is 4.46. The number of hydrogen-bond donors (Lipinski definition) is 2. The first-order valence-corrected chi connectivity index (χ1v) is 7.75. The van der Waals surface area contributed by atoms with Gasteiger partial charge in [-0.3, -0.25) is 0 Å². The van der Waals surface area contributed by atoms with Crippen molar-refractivity contribution in [2.75, 3.05) is 20.8 Å². The van der Waals surface area contributed by atoms with E-state index < -0.39 is 0 Å².